The van der Waals surface area contributed by atoms with Gasteiger partial charge in [-0.3, -0.25) is 0 Å². The molecule has 0 unspecified atom stereocenters. The Labute approximate surface area is 123 Å². The molecular formula is C16H30N4. The van der Waals surface area contributed by atoms with Crippen molar-refractivity contribution in [1.29, 1.82) is 0 Å². The van der Waals surface area contributed by atoms with Crippen molar-refractivity contribution in [3.63, 3.8) is 0 Å². The van der Waals surface area contributed by atoms with Gasteiger partial charge >= 0.3 is 0 Å². The summed E-state index contributed by atoms with van der Waals surface area (Å²) in [7, 11) is 0. The molecule has 1 saturated carbocycles. The first kappa shape index (κ1) is 16.7. The Bertz CT molecular complexity index is 398. The molecule has 2 rings (SSSR count). The van der Waals surface area contributed by atoms with Crippen LogP contribution in [0.15, 0.2) is 0 Å². The molecule has 1 fully saturated rings. The molecule has 1 aromatic heterocycles. The molecule has 0 spiro atoms. The molecule has 1 heterocycles. The van der Waals surface area contributed by atoms with Gasteiger partial charge in [0.05, 0.1) is 0 Å². The molecule has 1 aromatic rings. The van der Waals surface area contributed by atoms with E-state index in [-0.39, 0.29) is 0 Å². The van der Waals surface area contributed by atoms with E-state index in [9.17, 15) is 0 Å². The van der Waals surface area contributed by atoms with Crippen molar-refractivity contribution in [2.24, 2.45) is 0 Å². The number of hydrogen-bond donors (Lipinski definition) is 2. The van der Waals surface area contributed by atoms with Crippen LogP contribution >= 0.6 is 0 Å². The third-order valence-electron chi connectivity index (χ3n) is 3.67. The second kappa shape index (κ2) is 8.77. The van der Waals surface area contributed by atoms with Crippen molar-refractivity contribution in [1.82, 2.24) is 9.97 Å². The van der Waals surface area contributed by atoms with E-state index in [1.165, 1.54) is 37.7 Å². The number of aromatic nitrogens is 2. The number of aryl methyl sites for hydroxylation is 1. The number of hydrogen-bond acceptors (Lipinski definition) is 4. The lowest BCUT2D eigenvalue weighted by molar-refractivity contribution is 0.461. The van der Waals surface area contributed by atoms with Gasteiger partial charge in [0.15, 0.2) is 0 Å². The van der Waals surface area contributed by atoms with Crippen molar-refractivity contribution in [3.8, 4) is 0 Å². The predicted octanol–water partition coefficient (Wildman–Crippen LogP) is 4.30. The Morgan fingerprint density at radius 3 is 2.30 bits per heavy atom. The maximum atomic E-state index is 4.58. The molecule has 2 N–H and O–H groups in total. The molecule has 0 amide bonds. The summed E-state index contributed by atoms with van der Waals surface area (Å²) < 4.78 is 0. The molecule has 1 aliphatic carbocycles. The fraction of sp³-hybridized carbons (Fsp3) is 0.750. The summed E-state index contributed by atoms with van der Waals surface area (Å²) in [5, 5.41) is 6.79. The van der Waals surface area contributed by atoms with Crippen LogP contribution in [0.25, 0.3) is 0 Å². The monoisotopic (exact) mass is 278 g/mol. The summed E-state index contributed by atoms with van der Waals surface area (Å²) in [6.07, 6.45) is 6.57. The van der Waals surface area contributed by atoms with Gasteiger partial charge in [-0.25, -0.2) is 4.98 Å². The quantitative estimate of drug-likeness (QED) is 0.862. The standard InChI is InChI=1S/C14H24N4.C2H6/c1-4-15-14-16-11(3)10(2)13(18-14)17-12-8-6-5-7-9-12;1-2/h12H,4-9H2,1-3H3,(H2,15,16,17,18);1-2H3. The molecule has 0 aromatic carbocycles. The van der Waals surface area contributed by atoms with Gasteiger partial charge in [-0.15, -0.1) is 0 Å². The van der Waals surface area contributed by atoms with Crippen molar-refractivity contribution in [3.05, 3.63) is 11.3 Å². The van der Waals surface area contributed by atoms with Gasteiger partial charge in [-0.05, 0) is 33.6 Å². The molecule has 0 atom stereocenters. The van der Waals surface area contributed by atoms with Crippen LogP contribution in [-0.4, -0.2) is 22.6 Å². The molecule has 0 radical (unpaired) electrons. The summed E-state index contributed by atoms with van der Waals surface area (Å²) >= 11 is 0. The van der Waals surface area contributed by atoms with Crippen molar-refractivity contribution < 1.29 is 0 Å². The lowest BCUT2D eigenvalue weighted by Gasteiger charge is -2.24. The van der Waals surface area contributed by atoms with Crippen LogP contribution in [0, 0.1) is 13.8 Å². The third kappa shape index (κ3) is 4.66. The molecule has 114 valence electrons. The molecule has 0 saturated heterocycles. The number of nitrogens with one attached hydrogen (secondary N) is 2. The Morgan fingerprint density at radius 1 is 1.05 bits per heavy atom. The van der Waals surface area contributed by atoms with Gasteiger partial charge < -0.3 is 10.6 Å². The predicted molar refractivity (Wildman–Crippen MR) is 87.5 cm³/mol. The second-order valence-corrected chi connectivity index (χ2v) is 5.12. The zero-order valence-electron chi connectivity index (χ0n) is 13.7. The molecule has 0 bridgehead atoms. The average Bonchev–Trinajstić information content (AvgIpc) is 2.48. The summed E-state index contributed by atoms with van der Waals surface area (Å²) in [5.74, 6) is 1.74. The number of rotatable bonds is 4. The minimum atomic E-state index is 0.584. The van der Waals surface area contributed by atoms with Gasteiger partial charge in [0, 0.05) is 23.8 Å². The lowest BCUT2D eigenvalue weighted by atomic mass is 9.95. The maximum Gasteiger partial charge on any atom is 0.224 e. The molecule has 4 heteroatoms. The fourth-order valence-electron chi connectivity index (χ4n) is 2.45. The summed E-state index contributed by atoms with van der Waals surface area (Å²) in [6, 6.07) is 0.584. The molecule has 4 nitrogen and oxygen atoms in total. The van der Waals surface area contributed by atoms with E-state index in [1.807, 2.05) is 20.8 Å². The van der Waals surface area contributed by atoms with Crippen LogP contribution in [0.2, 0.25) is 0 Å². The van der Waals surface area contributed by atoms with Gasteiger partial charge in [0.2, 0.25) is 5.95 Å². The fourth-order valence-corrected chi connectivity index (χ4v) is 2.45. The molecule has 20 heavy (non-hydrogen) atoms. The van der Waals surface area contributed by atoms with Crippen LogP contribution in [0.1, 0.15) is 64.1 Å². The molecule has 1 aliphatic rings. The van der Waals surface area contributed by atoms with Crippen LogP contribution in [-0.2, 0) is 0 Å². The number of nitrogens with zero attached hydrogens (tertiary/aromatic N) is 2. The van der Waals surface area contributed by atoms with E-state index in [2.05, 4.69) is 34.4 Å². The van der Waals surface area contributed by atoms with Crippen molar-refractivity contribution >= 4 is 11.8 Å². The van der Waals surface area contributed by atoms with Crippen LogP contribution in [0.5, 0.6) is 0 Å². The lowest BCUT2D eigenvalue weighted by Crippen LogP contribution is -2.24. The van der Waals surface area contributed by atoms with Gasteiger partial charge in [0.1, 0.15) is 5.82 Å². The zero-order chi connectivity index (χ0) is 15.0. The highest BCUT2D eigenvalue weighted by Gasteiger charge is 2.16. The first-order valence-corrected chi connectivity index (χ1v) is 8.06. The van der Waals surface area contributed by atoms with Crippen molar-refractivity contribution in [2.75, 3.05) is 17.2 Å². The Kier molecular flexibility index (Phi) is 7.34. The minimum Gasteiger partial charge on any atom is -0.367 e. The first-order valence-electron chi connectivity index (χ1n) is 8.06. The largest absolute Gasteiger partial charge is 0.367 e. The Morgan fingerprint density at radius 2 is 1.70 bits per heavy atom. The third-order valence-corrected chi connectivity index (χ3v) is 3.67. The van der Waals surface area contributed by atoms with Crippen LogP contribution in [0.3, 0.4) is 0 Å². The topological polar surface area (TPSA) is 49.8 Å². The Balaban J connectivity index is 0.000000956. The van der Waals surface area contributed by atoms with E-state index in [0.717, 1.165) is 24.0 Å². The highest BCUT2D eigenvalue weighted by Crippen LogP contribution is 2.24. The summed E-state index contributed by atoms with van der Waals surface area (Å²) in [4.78, 5) is 9.04. The number of anilines is 2. The Hall–Kier alpha value is -1.32. The van der Waals surface area contributed by atoms with E-state index in [1.54, 1.807) is 0 Å². The summed E-state index contributed by atoms with van der Waals surface area (Å²) in [5.41, 5.74) is 2.22. The highest BCUT2D eigenvalue weighted by atomic mass is 15.1. The van der Waals surface area contributed by atoms with Gasteiger partial charge in [0.25, 0.3) is 0 Å². The molecular weight excluding hydrogens is 248 g/mol. The first-order chi connectivity index (χ1) is 9.70. The van der Waals surface area contributed by atoms with Gasteiger partial charge in [-0.1, -0.05) is 33.1 Å². The maximum absolute atomic E-state index is 4.58. The van der Waals surface area contributed by atoms with Gasteiger partial charge in [-0.2, -0.15) is 4.98 Å². The molecule has 0 aliphatic heterocycles. The normalized spacial score (nSPS) is 15.2. The van der Waals surface area contributed by atoms with Crippen molar-refractivity contribution in [2.45, 2.75) is 72.8 Å². The van der Waals surface area contributed by atoms with E-state index in [4.69, 9.17) is 0 Å². The minimum absolute atomic E-state index is 0.584. The SMILES string of the molecule is CC.CCNc1nc(C)c(C)c(NC2CCCCC2)n1. The second-order valence-electron chi connectivity index (χ2n) is 5.12. The average molecular weight is 278 g/mol. The van der Waals surface area contributed by atoms with E-state index in [0.29, 0.717) is 6.04 Å². The highest BCUT2D eigenvalue weighted by molar-refractivity contribution is 5.50. The zero-order valence-corrected chi connectivity index (χ0v) is 13.7. The van der Waals surface area contributed by atoms with Crippen LogP contribution in [0.4, 0.5) is 11.8 Å². The van der Waals surface area contributed by atoms with E-state index < -0.39 is 0 Å². The van der Waals surface area contributed by atoms with Crippen LogP contribution < -0.4 is 10.6 Å². The summed E-state index contributed by atoms with van der Waals surface area (Å²) in [6.45, 7) is 11.1. The van der Waals surface area contributed by atoms with E-state index >= 15 is 0 Å². The smallest absolute Gasteiger partial charge is 0.224 e.